The first kappa shape index (κ1) is 15.3. The lowest BCUT2D eigenvalue weighted by Crippen LogP contribution is -2.30. The maximum Gasteiger partial charge on any atom is 0.415 e. The summed E-state index contributed by atoms with van der Waals surface area (Å²) in [6.45, 7) is 0. The molecule has 0 bridgehead atoms. The Morgan fingerprint density at radius 2 is 2.20 bits per heavy atom. The first-order chi connectivity index (χ1) is 9.38. The van der Waals surface area contributed by atoms with Gasteiger partial charge in [0.2, 0.25) is 0 Å². The molecule has 0 saturated heterocycles. The summed E-state index contributed by atoms with van der Waals surface area (Å²) in [5.41, 5.74) is 0. The molecule has 0 aliphatic carbocycles. The van der Waals surface area contributed by atoms with Gasteiger partial charge in [-0.15, -0.1) is 21.5 Å². The molecular formula is C11H12F3N3OS2. The second-order valence-corrected chi connectivity index (χ2v) is 6.10. The van der Waals surface area contributed by atoms with Crippen LogP contribution in [0.3, 0.4) is 0 Å². The number of rotatable bonds is 5. The van der Waals surface area contributed by atoms with Gasteiger partial charge < -0.3 is 9.67 Å². The van der Waals surface area contributed by atoms with Gasteiger partial charge in [0.25, 0.3) is 0 Å². The summed E-state index contributed by atoms with van der Waals surface area (Å²) in [5.74, 6) is 0.186. The molecule has 20 heavy (non-hydrogen) atoms. The van der Waals surface area contributed by atoms with Gasteiger partial charge in [-0.25, -0.2) is 0 Å². The average molecular weight is 323 g/mol. The van der Waals surface area contributed by atoms with Gasteiger partial charge >= 0.3 is 6.18 Å². The van der Waals surface area contributed by atoms with Crippen LogP contribution >= 0.6 is 23.1 Å². The lowest BCUT2D eigenvalue weighted by atomic mass is 10.3. The van der Waals surface area contributed by atoms with Crippen LogP contribution < -0.4 is 0 Å². The van der Waals surface area contributed by atoms with Crippen LogP contribution in [0.5, 0.6) is 0 Å². The van der Waals surface area contributed by atoms with E-state index in [0.717, 1.165) is 16.6 Å². The molecule has 0 spiro atoms. The van der Waals surface area contributed by atoms with E-state index >= 15 is 0 Å². The van der Waals surface area contributed by atoms with Crippen LogP contribution in [0.25, 0.3) is 0 Å². The third-order valence-corrected chi connectivity index (χ3v) is 4.56. The molecule has 2 aromatic rings. The predicted molar refractivity (Wildman–Crippen MR) is 70.9 cm³/mol. The summed E-state index contributed by atoms with van der Waals surface area (Å²) >= 11 is 2.42. The second-order valence-electron chi connectivity index (χ2n) is 4.08. The number of aliphatic hydroxyl groups excluding tert-OH is 1. The monoisotopic (exact) mass is 323 g/mol. The van der Waals surface area contributed by atoms with Crippen LogP contribution in [-0.4, -0.2) is 37.9 Å². The molecule has 1 unspecified atom stereocenters. The molecule has 1 N–H and O–H groups in total. The molecule has 0 amide bonds. The molecule has 9 heteroatoms. The number of aliphatic hydroxyl groups is 1. The van der Waals surface area contributed by atoms with Crippen molar-refractivity contribution in [3.8, 4) is 0 Å². The highest BCUT2D eigenvalue weighted by molar-refractivity contribution is 7.99. The Bertz CT molecular complexity index is 554. The van der Waals surface area contributed by atoms with E-state index in [1.54, 1.807) is 23.0 Å². The Morgan fingerprint density at radius 3 is 2.80 bits per heavy atom. The molecule has 2 aromatic heterocycles. The van der Waals surface area contributed by atoms with Crippen molar-refractivity contribution in [2.24, 2.45) is 7.05 Å². The predicted octanol–water partition coefficient (Wildman–Crippen LogP) is 2.48. The lowest BCUT2D eigenvalue weighted by molar-refractivity contribution is -0.195. The molecule has 0 aliphatic heterocycles. The largest absolute Gasteiger partial charge is 0.415 e. The van der Waals surface area contributed by atoms with Crippen molar-refractivity contribution < 1.29 is 18.3 Å². The van der Waals surface area contributed by atoms with E-state index in [-0.39, 0.29) is 0 Å². The Kier molecular flexibility index (Phi) is 4.71. The minimum absolute atomic E-state index is 0.361. The van der Waals surface area contributed by atoms with E-state index in [9.17, 15) is 13.2 Å². The zero-order valence-electron chi connectivity index (χ0n) is 10.5. The SMILES string of the molecule is Cn1c(Cc2cccs2)nnc1SCC(O)C(F)(F)F. The summed E-state index contributed by atoms with van der Waals surface area (Å²) < 4.78 is 38.3. The maximum absolute atomic E-state index is 12.2. The topological polar surface area (TPSA) is 50.9 Å². The van der Waals surface area contributed by atoms with Crippen molar-refractivity contribution in [3.63, 3.8) is 0 Å². The van der Waals surface area contributed by atoms with Crippen molar-refractivity contribution in [1.29, 1.82) is 0 Å². The molecular weight excluding hydrogens is 311 g/mol. The van der Waals surface area contributed by atoms with E-state index in [4.69, 9.17) is 5.11 Å². The number of thiophene rings is 1. The first-order valence-electron chi connectivity index (χ1n) is 5.66. The van der Waals surface area contributed by atoms with Crippen LogP contribution in [0.4, 0.5) is 13.2 Å². The maximum atomic E-state index is 12.2. The number of hydrogen-bond donors (Lipinski definition) is 1. The van der Waals surface area contributed by atoms with Crippen molar-refractivity contribution >= 4 is 23.1 Å². The van der Waals surface area contributed by atoms with E-state index in [2.05, 4.69) is 10.2 Å². The summed E-state index contributed by atoms with van der Waals surface area (Å²) in [4.78, 5) is 1.10. The van der Waals surface area contributed by atoms with Crippen LogP contribution in [-0.2, 0) is 13.5 Å². The smallest absolute Gasteiger partial charge is 0.383 e. The summed E-state index contributed by atoms with van der Waals surface area (Å²) in [6.07, 6.45) is -6.38. The lowest BCUT2D eigenvalue weighted by Gasteiger charge is -2.13. The minimum atomic E-state index is -4.61. The molecule has 0 saturated carbocycles. The van der Waals surface area contributed by atoms with Crippen molar-refractivity contribution in [2.75, 3.05) is 5.75 Å². The number of aromatic nitrogens is 3. The Hall–Kier alpha value is -1.06. The molecule has 1 atom stereocenters. The molecule has 4 nitrogen and oxygen atoms in total. The third-order valence-electron chi connectivity index (χ3n) is 2.59. The van der Waals surface area contributed by atoms with Gasteiger partial charge in [0.05, 0.1) is 0 Å². The summed E-state index contributed by atoms with van der Waals surface area (Å²) in [7, 11) is 1.70. The molecule has 2 heterocycles. The van der Waals surface area contributed by atoms with E-state index in [1.165, 1.54) is 0 Å². The third kappa shape index (κ3) is 3.74. The van der Waals surface area contributed by atoms with Gasteiger partial charge in [0.1, 0.15) is 5.82 Å². The number of halogens is 3. The molecule has 0 aromatic carbocycles. The van der Waals surface area contributed by atoms with Crippen LogP contribution in [0.2, 0.25) is 0 Å². The number of nitrogens with zero attached hydrogens (tertiary/aromatic N) is 3. The number of hydrogen-bond acceptors (Lipinski definition) is 5. The van der Waals surface area contributed by atoms with Crippen molar-refractivity contribution in [2.45, 2.75) is 23.9 Å². The molecule has 2 rings (SSSR count). The van der Waals surface area contributed by atoms with Gasteiger partial charge in [-0.2, -0.15) is 13.2 Å². The van der Waals surface area contributed by atoms with E-state index < -0.39 is 18.0 Å². The molecule has 0 fully saturated rings. The zero-order chi connectivity index (χ0) is 14.8. The zero-order valence-corrected chi connectivity index (χ0v) is 12.1. The highest BCUT2D eigenvalue weighted by atomic mass is 32.2. The van der Waals surface area contributed by atoms with E-state index in [1.807, 2.05) is 17.5 Å². The summed E-state index contributed by atoms with van der Waals surface area (Å²) in [5, 5.41) is 19.1. The standard InChI is InChI=1S/C11H12F3N3OS2/c1-17-9(5-7-3-2-4-19-7)15-16-10(17)20-6-8(18)11(12,13)14/h2-4,8,18H,5-6H2,1H3. The van der Waals surface area contributed by atoms with Gasteiger partial charge in [-0.3, -0.25) is 0 Å². The highest BCUT2D eigenvalue weighted by Gasteiger charge is 2.38. The van der Waals surface area contributed by atoms with Crippen molar-refractivity contribution in [1.82, 2.24) is 14.8 Å². The summed E-state index contributed by atoms with van der Waals surface area (Å²) in [6, 6.07) is 3.88. The number of thioether (sulfide) groups is 1. The van der Waals surface area contributed by atoms with Gasteiger partial charge in [-0.1, -0.05) is 17.8 Å². The normalized spacial score (nSPS) is 13.7. The highest BCUT2D eigenvalue weighted by Crippen LogP contribution is 2.26. The van der Waals surface area contributed by atoms with Gasteiger partial charge in [0.15, 0.2) is 11.3 Å². The van der Waals surface area contributed by atoms with Gasteiger partial charge in [-0.05, 0) is 11.4 Å². The number of alkyl halides is 3. The fraction of sp³-hybridized carbons (Fsp3) is 0.455. The minimum Gasteiger partial charge on any atom is -0.383 e. The van der Waals surface area contributed by atoms with Crippen LogP contribution in [0.15, 0.2) is 22.7 Å². The Morgan fingerprint density at radius 1 is 1.45 bits per heavy atom. The van der Waals surface area contributed by atoms with Crippen LogP contribution in [0.1, 0.15) is 10.7 Å². The molecule has 110 valence electrons. The van der Waals surface area contributed by atoms with Crippen molar-refractivity contribution in [3.05, 3.63) is 28.2 Å². The second kappa shape index (κ2) is 6.15. The average Bonchev–Trinajstić information content (AvgIpc) is 2.98. The fourth-order valence-corrected chi connectivity index (χ4v) is 3.04. The Balaban J connectivity index is 1.98. The van der Waals surface area contributed by atoms with Crippen LogP contribution in [0, 0.1) is 0 Å². The molecule has 0 aliphatic rings. The first-order valence-corrected chi connectivity index (χ1v) is 7.52. The molecule has 0 radical (unpaired) electrons. The Labute approximate surface area is 121 Å². The fourth-order valence-electron chi connectivity index (χ4n) is 1.44. The van der Waals surface area contributed by atoms with E-state index in [0.29, 0.717) is 17.4 Å². The quantitative estimate of drug-likeness (QED) is 0.859. The van der Waals surface area contributed by atoms with Gasteiger partial charge in [0, 0.05) is 24.1 Å².